The molecule has 6 nitrogen and oxygen atoms in total. The van der Waals surface area contributed by atoms with Gasteiger partial charge in [-0.25, -0.2) is 4.79 Å². The van der Waals surface area contributed by atoms with E-state index in [1.54, 1.807) is 26.2 Å². The van der Waals surface area contributed by atoms with Crippen molar-refractivity contribution in [3.05, 3.63) is 29.3 Å². The molecule has 0 aromatic heterocycles. The number of hydrogen-bond acceptors (Lipinski definition) is 4. The van der Waals surface area contributed by atoms with Gasteiger partial charge in [0.25, 0.3) is 0 Å². The van der Waals surface area contributed by atoms with E-state index in [1.807, 2.05) is 6.07 Å². The number of ether oxygens (including phenoxy) is 2. The molecule has 0 fully saturated rings. The van der Waals surface area contributed by atoms with Crippen molar-refractivity contribution >= 4 is 35.9 Å². The lowest BCUT2D eigenvalue weighted by molar-refractivity contribution is 0.0597. The molecule has 0 aliphatic heterocycles. The molecule has 0 aliphatic carbocycles. The molecule has 7 heteroatoms. The quantitative estimate of drug-likeness (QED) is 0.350. The van der Waals surface area contributed by atoms with Gasteiger partial charge in [-0.05, 0) is 17.7 Å². The fourth-order valence-electron chi connectivity index (χ4n) is 1.60. The molecule has 1 rings (SSSR count). The Morgan fingerprint density at radius 3 is 2.55 bits per heavy atom. The Morgan fingerprint density at radius 2 is 2.05 bits per heavy atom. The number of guanidine groups is 1. The summed E-state index contributed by atoms with van der Waals surface area (Å²) in [4.78, 5) is 15.6. The number of nitrogens with one attached hydrogen (secondary N) is 2. The van der Waals surface area contributed by atoms with Crippen molar-refractivity contribution in [2.24, 2.45) is 4.99 Å². The topological polar surface area (TPSA) is 72.0 Å². The highest BCUT2D eigenvalue weighted by molar-refractivity contribution is 14.0. The number of esters is 1. The van der Waals surface area contributed by atoms with Crippen LogP contribution in [0.2, 0.25) is 0 Å². The van der Waals surface area contributed by atoms with Crippen LogP contribution in [-0.4, -0.2) is 40.2 Å². The Morgan fingerprint density at radius 1 is 1.35 bits per heavy atom. The van der Waals surface area contributed by atoms with Crippen LogP contribution < -0.4 is 15.4 Å². The van der Waals surface area contributed by atoms with E-state index in [-0.39, 0.29) is 24.0 Å². The first-order chi connectivity index (χ1) is 9.15. The lowest BCUT2D eigenvalue weighted by atomic mass is 10.1. The first-order valence-electron chi connectivity index (χ1n) is 5.79. The van der Waals surface area contributed by atoms with Crippen LogP contribution in [0.15, 0.2) is 23.2 Å². The van der Waals surface area contributed by atoms with Gasteiger partial charge in [-0.3, -0.25) is 4.99 Å². The molecule has 112 valence electrons. The van der Waals surface area contributed by atoms with Crippen molar-refractivity contribution < 1.29 is 14.3 Å². The zero-order valence-corrected chi connectivity index (χ0v) is 14.3. The van der Waals surface area contributed by atoms with Crippen molar-refractivity contribution in [2.45, 2.75) is 6.54 Å². The average Bonchev–Trinajstić information content (AvgIpc) is 2.47. The average molecular weight is 393 g/mol. The molecule has 0 amide bonds. The largest absolute Gasteiger partial charge is 0.496 e. The molecule has 0 aliphatic rings. The van der Waals surface area contributed by atoms with E-state index in [4.69, 9.17) is 9.47 Å². The highest BCUT2D eigenvalue weighted by Crippen LogP contribution is 2.20. The maximum atomic E-state index is 11.6. The smallest absolute Gasteiger partial charge is 0.341 e. The molecule has 1 aromatic rings. The third-order valence-corrected chi connectivity index (χ3v) is 2.59. The minimum atomic E-state index is -0.420. The molecule has 0 heterocycles. The van der Waals surface area contributed by atoms with Gasteiger partial charge in [0, 0.05) is 20.6 Å². The first-order valence-corrected chi connectivity index (χ1v) is 5.79. The third kappa shape index (κ3) is 4.87. The zero-order chi connectivity index (χ0) is 14.3. The van der Waals surface area contributed by atoms with Crippen LogP contribution >= 0.6 is 24.0 Å². The third-order valence-electron chi connectivity index (χ3n) is 2.59. The number of nitrogens with zero attached hydrogens (tertiary/aromatic N) is 1. The number of methoxy groups -OCH3 is 2. The lowest BCUT2D eigenvalue weighted by Crippen LogP contribution is -2.34. The molecule has 2 N–H and O–H groups in total. The summed E-state index contributed by atoms with van der Waals surface area (Å²) in [5.74, 6) is 0.751. The summed E-state index contributed by atoms with van der Waals surface area (Å²) >= 11 is 0. The van der Waals surface area contributed by atoms with Crippen molar-refractivity contribution in [3.63, 3.8) is 0 Å². The minimum absolute atomic E-state index is 0. The van der Waals surface area contributed by atoms with E-state index < -0.39 is 5.97 Å². The van der Waals surface area contributed by atoms with Gasteiger partial charge < -0.3 is 20.1 Å². The van der Waals surface area contributed by atoms with E-state index in [0.29, 0.717) is 23.8 Å². The van der Waals surface area contributed by atoms with Crippen molar-refractivity contribution in [2.75, 3.05) is 28.3 Å². The van der Waals surface area contributed by atoms with E-state index in [0.717, 1.165) is 5.56 Å². The van der Waals surface area contributed by atoms with Crippen LogP contribution in [0.25, 0.3) is 0 Å². The molecule has 0 atom stereocenters. The van der Waals surface area contributed by atoms with E-state index in [9.17, 15) is 4.79 Å². The molecule has 0 unspecified atom stereocenters. The second kappa shape index (κ2) is 9.40. The van der Waals surface area contributed by atoms with Crippen LogP contribution in [0.3, 0.4) is 0 Å². The Hall–Kier alpha value is -1.51. The van der Waals surface area contributed by atoms with Crippen LogP contribution in [0, 0.1) is 0 Å². The number of aliphatic imine (C=N–C) groups is 1. The van der Waals surface area contributed by atoms with E-state index in [1.165, 1.54) is 14.2 Å². The predicted octanol–water partition coefficient (Wildman–Crippen LogP) is 1.39. The number of carbonyl (C=O) groups excluding carboxylic acids is 1. The molecule has 1 aromatic carbocycles. The van der Waals surface area contributed by atoms with Gasteiger partial charge in [0.15, 0.2) is 5.96 Å². The maximum Gasteiger partial charge on any atom is 0.341 e. The Bertz CT molecular complexity index is 478. The van der Waals surface area contributed by atoms with Gasteiger partial charge >= 0.3 is 5.97 Å². The van der Waals surface area contributed by atoms with Crippen LogP contribution in [0.1, 0.15) is 15.9 Å². The van der Waals surface area contributed by atoms with Gasteiger partial charge in [-0.1, -0.05) is 6.07 Å². The molecule has 0 saturated heterocycles. The predicted molar refractivity (Wildman–Crippen MR) is 89.0 cm³/mol. The number of halogens is 1. The highest BCUT2D eigenvalue weighted by Gasteiger charge is 2.13. The molecule has 0 bridgehead atoms. The van der Waals surface area contributed by atoms with Crippen molar-refractivity contribution in [3.8, 4) is 5.75 Å². The molecule has 20 heavy (non-hydrogen) atoms. The summed E-state index contributed by atoms with van der Waals surface area (Å²) < 4.78 is 9.86. The van der Waals surface area contributed by atoms with Crippen LogP contribution in [0.5, 0.6) is 5.75 Å². The SMILES string of the molecule is CN=C(NC)NCc1ccc(OC)c(C(=O)OC)c1.I. The molecule has 0 radical (unpaired) electrons. The van der Waals surface area contributed by atoms with Crippen molar-refractivity contribution in [1.29, 1.82) is 0 Å². The lowest BCUT2D eigenvalue weighted by Gasteiger charge is -2.11. The summed E-state index contributed by atoms with van der Waals surface area (Å²) in [5.41, 5.74) is 1.33. The number of hydrogen-bond donors (Lipinski definition) is 2. The standard InChI is InChI=1S/C13H19N3O3.HI/c1-14-13(15-2)16-8-9-5-6-11(18-3)10(7-9)12(17)19-4;/h5-7H,8H2,1-4H3,(H2,14,15,16);1H. The normalized spacial score (nSPS) is 10.3. The Balaban J connectivity index is 0.00000361. The summed E-state index contributed by atoms with van der Waals surface area (Å²) in [7, 11) is 6.33. The summed E-state index contributed by atoms with van der Waals surface area (Å²) in [6, 6.07) is 5.35. The number of carbonyl (C=O) groups is 1. The fraction of sp³-hybridized carbons (Fsp3) is 0.385. The minimum Gasteiger partial charge on any atom is -0.496 e. The highest BCUT2D eigenvalue weighted by atomic mass is 127. The number of rotatable bonds is 4. The Labute approximate surface area is 136 Å². The van der Waals surface area contributed by atoms with Crippen molar-refractivity contribution in [1.82, 2.24) is 10.6 Å². The second-order valence-electron chi connectivity index (χ2n) is 3.70. The molecular formula is C13H20IN3O3. The maximum absolute atomic E-state index is 11.6. The van der Waals surface area contributed by atoms with Crippen LogP contribution in [-0.2, 0) is 11.3 Å². The number of benzene rings is 1. The molecule has 0 saturated carbocycles. The molecule has 0 spiro atoms. The van der Waals surface area contributed by atoms with Gasteiger partial charge in [0.05, 0.1) is 14.2 Å². The first kappa shape index (κ1) is 18.5. The zero-order valence-electron chi connectivity index (χ0n) is 12.0. The van der Waals surface area contributed by atoms with E-state index >= 15 is 0 Å². The Kier molecular flexibility index (Phi) is 8.69. The van der Waals surface area contributed by atoms with Gasteiger partial charge in [-0.15, -0.1) is 24.0 Å². The van der Waals surface area contributed by atoms with E-state index in [2.05, 4.69) is 15.6 Å². The summed E-state index contributed by atoms with van der Waals surface area (Å²) in [5, 5.41) is 6.02. The van der Waals surface area contributed by atoms with Gasteiger partial charge in [0.2, 0.25) is 0 Å². The summed E-state index contributed by atoms with van der Waals surface area (Å²) in [6.45, 7) is 0.543. The van der Waals surface area contributed by atoms with Crippen LogP contribution in [0.4, 0.5) is 0 Å². The van der Waals surface area contributed by atoms with Gasteiger partial charge in [0.1, 0.15) is 11.3 Å². The second-order valence-corrected chi connectivity index (χ2v) is 3.70. The monoisotopic (exact) mass is 393 g/mol. The molecular weight excluding hydrogens is 373 g/mol. The fourth-order valence-corrected chi connectivity index (χ4v) is 1.60. The van der Waals surface area contributed by atoms with Gasteiger partial charge in [-0.2, -0.15) is 0 Å². The summed E-state index contributed by atoms with van der Waals surface area (Å²) in [6.07, 6.45) is 0.